The lowest BCUT2D eigenvalue weighted by molar-refractivity contribution is -0.151. The molecule has 0 aromatic heterocycles. The van der Waals surface area contributed by atoms with Crippen molar-refractivity contribution in [2.45, 2.75) is 51.9 Å². The first-order chi connectivity index (χ1) is 7.92. The third-order valence-electron chi connectivity index (χ3n) is 3.67. The summed E-state index contributed by atoms with van der Waals surface area (Å²) in [6, 6.07) is 0. The van der Waals surface area contributed by atoms with Crippen molar-refractivity contribution in [3.05, 3.63) is 0 Å². The highest BCUT2D eigenvalue weighted by Gasteiger charge is 2.40. The summed E-state index contributed by atoms with van der Waals surface area (Å²) in [5.74, 6) is -0.626. The Morgan fingerprint density at radius 2 is 1.76 bits per heavy atom. The molecule has 0 amide bonds. The summed E-state index contributed by atoms with van der Waals surface area (Å²) in [6.45, 7) is 1.82. The summed E-state index contributed by atoms with van der Waals surface area (Å²) >= 11 is 0. The van der Waals surface area contributed by atoms with Crippen LogP contribution in [0.5, 0.6) is 0 Å². The Kier molecular flexibility index (Phi) is 4.98. The number of aliphatic carboxylic acids is 1. The van der Waals surface area contributed by atoms with E-state index >= 15 is 0 Å². The van der Waals surface area contributed by atoms with E-state index in [0.29, 0.717) is 19.3 Å². The standard InChI is InChI=1S/C12H22O4S/c1-2-9-17(15,16)10-8-12(11(13)14)6-4-3-5-7-12/h2-10H2,1H3,(H,13,14). The molecule has 1 aliphatic carbocycles. The molecule has 0 radical (unpaired) electrons. The maximum absolute atomic E-state index is 11.6. The number of rotatable bonds is 6. The van der Waals surface area contributed by atoms with Gasteiger partial charge >= 0.3 is 5.97 Å². The molecule has 0 bridgehead atoms. The molecule has 0 atom stereocenters. The van der Waals surface area contributed by atoms with E-state index in [0.717, 1.165) is 19.3 Å². The zero-order valence-corrected chi connectivity index (χ0v) is 11.3. The molecule has 1 aliphatic rings. The van der Waals surface area contributed by atoms with Crippen molar-refractivity contribution in [3.8, 4) is 0 Å². The van der Waals surface area contributed by atoms with Gasteiger partial charge in [0.15, 0.2) is 0 Å². The van der Waals surface area contributed by atoms with Crippen molar-refractivity contribution in [3.63, 3.8) is 0 Å². The molecule has 0 aromatic carbocycles. The van der Waals surface area contributed by atoms with Gasteiger partial charge in [-0.1, -0.05) is 26.2 Å². The summed E-state index contributed by atoms with van der Waals surface area (Å²) in [6.07, 6.45) is 5.01. The molecule has 0 aromatic rings. The van der Waals surface area contributed by atoms with E-state index in [1.807, 2.05) is 6.92 Å². The molecule has 0 unspecified atom stereocenters. The van der Waals surface area contributed by atoms with Crippen LogP contribution in [0.25, 0.3) is 0 Å². The van der Waals surface area contributed by atoms with Gasteiger partial charge in [-0.25, -0.2) is 8.42 Å². The van der Waals surface area contributed by atoms with Gasteiger partial charge in [-0.15, -0.1) is 0 Å². The average molecular weight is 262 g/mol. The molecular weight excluding hydrogens is 240 g/mol. The average Bonchev–Trinajstić information content (AvgIpc) is 2.28. The van der Waals surface area contributed by atoms with Crippen LogP contribution in [-0.2, 0) is 14.6 Å². The second-order valence-electron chi connectivity index (χ2n) is 5.05. The Bertz CT molecular complexity index is 353. The fourth-order valence-electron chi connectivity index (χ4n) is 2.56. The zero-order valence-electron chi connectivity index (χ0n) is 10.4. The first-order valence-corrected chi connectivity index (χ1v) is 8.18. The van der Waals surface area contributed by atoms with Gasteiger partial charge in [-0.05, 0) is 25.7 Å². The van der Waals surface area contributed by atoms with Crippen LogP contribution >= 0.6 is 0 Å². The lowest BCUT2D eigenvalue weighted by Crippen LogP contribution is -2.35. The lowest BCUT2D eigenvalue weighted by atomic mass is 9.72. The Hall–Kier alpha value is -0.580. The molecule has 0 aliphatic heterocycles. The van der Waals surface area contributed by atoms with Crippen LogP contribution < -0.4 is 0 Å². The predicted molar refractivity (Wildman–Crippen MR) is 66.7 cm³/mol. The first-order valence-electron chi connectivity index (χ1n) is 6.36. The van der Waals surface area contributed by atoms with Crippen molar-refractivity contribution in [2.75, 3.05) is 11.5 Å². The topological polar surface area (TPSA) is 71.4 Å². The summed E-state index contributed by atoms with van der Waals surface area (Å²) in [5.41, 5.74) is -0.779. The van der Waals surface area contributed by atoms with Gasteiger partial charge in [0.25, 0.3) is 0 Å². The van der Waals surface area contributed by atoms with E-state index in [2.05, 4.69) is 0 Å². The molecule has 100 valence electrons. The van der Waals surface area contributed by atoms with E-state index in [1.165, 1.54) is 0 Å². The minimum absolute atomic E-state index is 0.0210. The van der Waals surface area contributed by atoms with Crippen molar-refractivity contribution < 1.29 is 18.3 Å². The van der Waals surface area contributed by atoms with E-state index in [9.17, 15) is 18.3 Å². The normalized spacial score (nSPS) is 20.1. The lowest BCUT2D eigenvalue weighted by Gasteiger charge is -2.33. The predicted octanol–water partition coefficient (Wildman–Crippen LogP) is 2.24. The first kappa shape index (κ1) is 14.5. The third-order valence-corrected chi connectivity index (χ3v) is 5.53. The molecule has 1 saturated carbocycles. The van der Waals surface area contributed by atoms with Crippen LogP contribution in [0.4, 0.5) is 0 Å². The van der Waals surface area contributed by atoms with E-state index in [1.54, 1.807) is 0 Å². The SMILES string of the molecule is CCCS(=O)(=O)CCC1(C(=O)O)CCCCC1. The Morgan fingerprint density at radius 1 is 1.18 bits per heavy atom. The molecule has 0 heterocycles. The number of carboxylic acid groups (broad SMARTS) is 1. The molecule has 1 rings (SSSR count). The quantitative estimate of drug-likeness (QED) is 0.796. The van der Waals surface area contributed by atoms with Crippen LogP contribution in [0, 0.1) is 5.41 Å². The van der Waals surface area contributed by atoms with Crippen molar-refractivity contribution >= 4 is 15.8 Å². The number of hydrogen-bond donors (Lipinski definition) is 1. The summed E-state index contributed by atoms with van der Waals surface area (Å²) in [5, 5.41) is 9.32. The molecule has 0 spiro atoms. The van der Waals surface area contributed by atoms with E-state index < -0.39 is 21.2 Å². The highest BCUT2D eigenvalue weighted by molar-refractivity contribution is 7.91. The van der Waals surface area contributed by atoms with E-state index in [-0.39, 0.29) is 17.9 Å². The molecule has 4 nitrogen and oxygen atoms in total. The second-order valence-corrected chi connectivity index (χ2v) is 7.35. The van der Waals surface area contributed by atoms with Crippen molar-refractivity contribution in [1.29, 1.82) is 0 Å². The minimum atomic E-state index is -3.07. The smallest absolute Gasteiger partial charge is 0.309 e. The van der Waals surface area contributed by atoms with Crippen LogP contribution in [0.1, 0.15) is 51.9 Å². The largest absolute Gasteiger partial charge is 0.481 e. The summed E-state index contributed by atoms with van der Waals surface area (Å²) < 4.78 is 23.3. The minimum Gasteiger partial charge on any atom is -0.481 e. The van der Waals surface area contributed by atoms with Gasteiger partial charge in [0, 0.05) is 5.75 Å². The Morgan fingerprint density at radius 3 is 2.24 bits per heavy atom. The maximum atomic E-state index is 11.6. The van der Waals surface area contributed by atoms with Crippen LogP contribution in [0.15, 0.2) is 0 Å². The molecule has 5 heteroatoms. The molecule has 17 heavy (non-hydrogen) atoms. The van der Waals surface area contributed by atoms with E-state index in [4.69, 9.17) is 0 Å². The number of carboxylic acids is 1. The van der Waals surface area contributed by atoms with Gasteiger partial charge in [-0.2, -0.15) is 0 Å². The maximum Gasteiger partial charge on any atom is 0.309 e. The second kappa shape index (κ2) is 5.85. The van der Waals surface area contributed by atoms with Gasteiger partial charge in [0.2, 0.25) is 0 Å². The highest BCUT2D eigenvalue weighted by Crippen LogP contribution is 2.39. The monoisotopic (exact) mass is 262 g/mol. The van der Waals surface area contributed by atoms with Crippen molar-refractivity contribution in [1.82, 2.24) is 0 Å². The number of carbonyl (C=O) groups is 1. The van der Waals surface area contributed by atoms with Crippen LogP contribution in [-0.4, -0.2) is 31.0 Å². The number of hydrogen-bond acceptors (Lipinski definition) is 3. The molecule has 1 fully saturated rings. The van der Waals surface area contributed by atoms with Gasteiger partial charge in [-0.3, -0.25) is 4.79 Å². The molecule has 0 saturated heterocycles. The summed E-state index contributed by atoms with van der Waals surface area (Å²) in [4.78, 5) is 11.4. The number of sulfone groups is 1. The Labute approximate surface area is 103 Å². The summed E-state index contributed by atoms with van der Waals surface area (Å²) in [7, 11) is -3.07. The molecule has 1 N–H and O–H groups in total. The van der Waals surface area contributed by atoms with Crippen LogP contribution in [0.2, 0.25) is 0 Å². The van der Waals surface area contributed by atoms with Gasteiger partial charge in [0.1, 0.15) is 9.84 Å². The zero-order chi connectivity index (χ0) is 12.9. The van der Waals surface area contributed by atoms with Gasteiger partial charge < -0.3 is 5.11 Å². The molecular formula is C12H22O4S. The highest BCUT2D eigenvalue weighted by atomic mass is 32.2. The fourth-order valence-corrected chi connectivity index (χ4v) is 4.09. The van der Waals surface area contributed by atoms with Crippen molar-refractivity contribution in [2.24, 2.45) is 5.41 Å². The Balaban J connectivity index is 2.65. The van der Waals surface area contributed by atoms with Crippen LogP contribution in [0.3, 0.4) is 0 Å². The van der Waals surface area contributed by atoms with Gasteiger partial charge in [0.05, 0.1) is 11.2 Å². The third kappa shape index (κ3) is 3.98. The fraction of sp³-hybridized carbons (Fsp3) is 0.917.